The Morgan fingerprint density at radius 1 is 1.21 bits per heavy atom. The van der Waals surface area contributed by atoms with Crippen molar-refractivity contribution < 1.29 is 13.9 Å². The number of piperidine rings is 1. The summed E-state index contributed by atoms with van der Waals surface area (Å²) in [5, 5.41) is 14.1. The number of aromatic nitrogens is 4. The molecule has 0 radical (unpaired) electrons. The molecule has 3 heterocycles. The Balaban J connectivity index is 1.40. The molecule has 152 valence electrons. The lowest BCUT2D eigenvalue weighted by Gasteiger charge is -2.34. The van der Waals surface area contributed by atoms with E-state index in [1.807, 2.05) is 36.4 Å². The summed E-state index contributed by atoms with van der Waals surface area (Å²) in [5.74, 6) is 1.65. The van der Waals surface area contributed by atoms with Crippen molar-refractivity contribution in [2.75, 3.05) is 19.0 Å². The molecule has 9 nitrogen and oxygen atoms in total. The van der Waals surface area contributed by atoms with Gasteiger partial charge in [-0.05, 0) is 66.2 Å². The van der Waals surface area contributed by atoms with E-state index in [0.29, 0.717) is 13.2 Å². The maximum Gasteiger partial charge on any atom is 0.241 e. The molecule has 9 heteroatoms. The highest BCUT2D eigenvalue weighted by Gasteiger charge is 2.29. The SMILES string of the molecule is COCc1ccc(CN2CCCC[C@@H]2C(=O)Nc2ccc(-n3cnnn3)cc2)o1. The summed E-state index contributed by atoms with van der Waals surface area (Å²) < 4.78 is 12.5. The van der Waals surface area contributed by atoms with E-state index in [9.17, 15) is 4.79 Å². The zero-order valence-corrected chi connectivity index (χ0v) is 16.3. The minimum atomic E-state index is -0.182. The van der Waals surface area contributed by atoms with E-state index < -0.39 is 0 Å². The van der Waals surface area contributed by atoms with Crippen LogP contribution in [0.5, 0.6) is 0 Å². The third-order valence-corrected chi connectivity index (χ3v) is 5.03. The first-order valence-electron chi connectivity index (χ1n) is 9.68. The van der Waals surface area contributed by atoms with Crippen LogP contribution in [0.25, 0.3) is 5.69 Å². The van der Waals surface area contributed by atoms with Gasteiger partial charge in [-0.1, -0.05) is 6.42 Å². The van der Waals surface area contributed by atoms with Crippen LogP contribution < -0.4 is 5.32 Å². The number of methoxy groups -OCH3 is 1. The molecule has 1 aromatic carbocycles. The first-order chi connectivity index (χ1) is 14.2. The van der Waals surface area contributed by atoms with Crippen LogP contribution in [0, 0.1) is 0 Å². The molecule has 0 spiro atoms. The zero-order valence-electron chi connectivity index (χ0n) is 16.3. The van der Waals surface area contributed by atoms with Gasteiger partial charge in [0.05, 0.1) is 18.3 Å². The highest BCUT2D eigenvalue weighted by molar-refractivity contribution is 5.94. The van der Waals surface area contributed by atoms with Gasteiger partial charge in [0.25, 0.3) is 0 Å². The summed E-state index contributed by atoms with van der Waals surface area (Å²) in [5.41, 5.74) is 1.58. The molecule has 1 amide bonds. The number of ether oxygens (including phenoxy) is 1. The zero-order chi connectivity index (χ0) is 20.1. The van der Waals surface area contributed by atoms with Crippen molar-refractivity contribution in [1.82, 2.24) is 25.1 Å². The second-order valence-corrected chi connectivity index (χ2v) is 7.07. The minimum Gasteiger partial charge on any atom is -0.462 e. The van der Waals surface area contributed by atoms with Gasteiger partial charge in [-0.25, -0.2) is 4.68 Å². The van der Waals surface area contributed by atoms with Crippen molar-refractivity contribution in [2.45, 2.75) is 38.5 Å². The van der Waals surface area contributed by atoms with Gasteiger partial charge in [-0.3, -0.25) is 9.69 Å². The monoisotopic (exact) mass is 396 g/mol. The Hall–Kier alpha value is -3.04. The van der Waals surface area contributed by atoms with Crippen LogP contribution in [0.4, 0.5) is 5.69 Å². The number of carbonyl (C=O) groups excluding carboxylic acids is 1. The molecular formula is C20H24N6O3. The average Bonchev–Trinajstić information content (AvgIpc) is 3.42. The molecule has 1 N–H and O–H groups in total. The maximum absolute atomic E-state index is 12.9. The number of benzene rings is 1. The summed E-state index contributed by atoms with van der Waals surface area (Å²) >= 11 is 0. The van der Waals surface area contributed by atoms with Gasteiger partial charge in [0.2, 0.25) is 5.91 Å². The van der Waals surface area contributed by atoms with Crippen molar-refractivity contribution in [1.29, 1.82) is 0 Å². The Morgan fingerprint density at radius 2 is 2.03 bits per heavy atom. The molecule has 1 atom stereocenters. The Kier molecular flexibility index (Phi) is 5.97. The van der Waals surface area contributed by atoms with Crippen LogP contribution in [0.2, 0.25) is 0 Å². The van der Waals surface area contributed by atoms with Crippen molar-refractivity contribution in [2.24, 2.45) is 0 Å². The number of nitrogens with zero attached hydrogens (tertiary/aromatic N) is 5. The molecule has 4 rings (SSSR count). The molecule has 1 aliphatic rings. The third-order valence-electron chi connectivity index (χ3n) is 5.03. The number of carbonyl (C=O) groups is 1. The molecule has 0 unspecified atom stereocenters. The number of amides is 1. The minimum absolute atomic E-state index is 0.00328. The number of hydrogen-bond donors (Lipinski definition) is 1. The molecule has 1 aliphatic heterocycles. The summed E-state index contributed by atoms with van der Waals surface area (Å²) in [6.07, 6.45) is 4.48. The second-order valence-electron chi connectivity index (χ2n) is 7.07. The van der Waals surface area contributed by atoms with E-state index >= 15 is 0 Å². The molecule has 1 fully saturated rings. The Morgan fingerprint density at radius 3 is 2.79 bits per heavy atom. The number of hydrogen-bond acceptors (Lipinski definition) is 7. The topological polar surface area (TPSA) is 98.3 Å². The summed E-state index contributed by atoms with van der Waals surface area (Å²) in [4.78, 5) is 15.1. The predicted molar refractivity (Wildman–Crippen MR) is 105 cm³/mol. The second kappa shape index (κ2) is 8.97. The number of tetrazole rings is 1. The molecule has 0 saturated carbocycles. The Bertz CT molecular complexity index is 922. The van der Waals surface area contributed by atoms with Crippen molar-refractivity contribution >= 4 is 11.6 Å². The van der Waals surface area contributed by atoms with Gasteiger partial charge in [0.15, 0.2) is 0 Å². The van der Waals surface area contributed by atoms with Crippen LogP contribution in [0.15, 0.2) is 47.1 Å². The molecule has 1 saturated heterocycles. The van der Waals surface area contributed by atoms with Crippen molar-refractivity contribution in [3.05, 3.63) is 54.2 Å². The number of furan rings is 1. The standard InChI is InChI=1S/C20H24N6O3/c1-28-13-18-10-9-17(29-18)12-25-11-3-2-4-19(25)20(27)22-15-5-7-16(8-6-15)26-14-21-23-24-26/h5-10,14,19H,2-4,11-13H2,1H3,(H,22,27)/t19-/m1/s1. The molecule has 3 aromatic rings. The quantitative estimate of drug-likeness (QED) is 0.655. The lowest BCUT2D eigenvalue weighted by molar-refractivity contribution is -0.122. The lowest BCUT2D eigenvalue weighted by atomic mass is 10.0. The van der Waals surface area contributed by atoms with E-state index in [-0.39, 0.29) is 11.9 Å². The molecule has 0 bridgehead atoms. The highest BCUT2D eigenvalue weighted by Crippen LogP contribution is 2.22. The highest BCUT2D eigenvalue weighted by atomic mass is 16.5. The van der Waals surface area contributed by atoms with Gasteiger partial charge in [0.1, 0.15) is 24.5 Å². The first-order valence-corrected chi connectivity index (χ1v) is 9.68. The van der Waals surface area contributed by atoms with E-state index in [0.717, 1.165) is 48.7 Å². The fourth-order valence-electron chi connectivity index (χ4n) is 3.61. The number of rotatable bonds is 7. The summed E-state index contributed by atoms with van der Waals surface area (Å²) in [6.45, 7) is 1.93. The third kappa shape index (κ3) is 4.69. The smallest absolute Gasteiger partial charge is 0.241 e. The molecule has 0 aliphatic carbocycles. The van der Waals surface area contributed by atoms with Crippen LogP contribution >= 0.6 is 0 Å². The van der Waals surface area contributed by atoms with Crippen molar-refractivity contribution in [3.63, 3.8) is 0 Å². The number of nitrogens with one attached hydrogen (secondary N) is 1. The largest absolute Gasteiger partial charge is 0.462 e. The van der Waals surface area contributed by atoms with E-state index in [2.05, 4.69) is 25.7 Å². The van der Waals surface area contributed by atoms with Crippen LogP contribution in [-0.4, -0.2) is 50.7 Å². The predicted octanol–water partition coefficient (Wildman–Crippen LogP) is 2.39. The Labute approximate surface area is 168 Å². The number of anilines is 1. The average molecular weight is 396 g/mol. The molecule has 2 aromatic heterocycles. The van der Waals surface area contributed by atoms with Crippen LogP contribution in [0.1, 0.15) is 30.8 Å². The van der Waals surface area contributed by atoms with Gasteiger partial charge in [-0.15, -0.1) is 5.10 Å². The van der Waals surface area contributed by atoms with E-state index in [4.69, 9.17) is 9.15 Å². The first kappa shape index (κ1) is 19.3. The summed E-state index contributed by atoms with van der Waals surface area (Å²) in [6, 6.07) is 11.1. The van der Waals surface area contributed by atoms with Crippen molar-refractivity contribution in [3.8, 4) is 5.69 Å². The van der Waals surface area contributed by atoms with Gasteiger partial charge in [0, 0.05) is 12.8 Å². The lowest BCUT2D eigenvalue weighted by Crippen LogP contribution is -2.46. The normalized spacial score (nSPS) is 17.3. The molecular weight excluding hydrogens is 372 g/mol. The maximum atomic E-state index is 12.9. The van der Waals surface area contributed by atoms with Gasteiger partial charge >= 0.3 is 0 Å². The van der Waals surface area contributed by atoms with E-state index in [1.165, 1.54) is 6.33 Å². The van der Waals surface area contributed by atoms with Gasteiger partial charge < -0.3 is 14.5 Å². The fraction of sp³-hybridized carbons (Fsp3) is 0.400. The van der Waals surface area contributed by atoms with Crippen LogP contribution in [0.3, 0.4) is 0 Å². The molecule has 29 heavy (non-hydrogen) atoms. The van der Waals surface area contributed by atoms with Gasteiger partial charge in [-0.2, -0.15) is 0 Å². The number of likely N-dealkylation sites (tertiary alicyclic amines) is 1. The van der Waals surface area contributed by atoms with Crippen LogP contribution in [-0.2, 0) is 22.7 Å². The van der Waals surface area contributed by atoms with E-state index in [1.54, 1.807) is 11.8 Å². The fourth-order valence-corrected chi connectivity index (χ4v) is 3.61. The summed E-state index contributed by atoms with van der Waals surface area (Å²) in [7, 11) is 1.64.